The lowest BCUT2D eigenvalue weighted by Gasteiger charge is -2.26. The molecule has 15 amide bonds. The Morgan fingerprint density at radius 1 is 0.299 bits per heavy atom. The van der Waals surface area contributed by atoms with Gasteiger partial charge in [0, 0.05) is 40.8 Å². The molecular formula is C54H99N25O18. The summed E-state index contributed by atoms with van der Waals surface area (Å²) in [4.78, 5) is 211. The molecule has 0 heterocycles. The molecule has 0 aliphatic rings. The number of hydrogen-bond donors (Lipinski definition) is 24. The number of likely N-dealkylation sites (N-methyl/N-ethyl adjacent to an activating group) is 3. The second kappa shape index (κ2) is 45.9. The van der Waals surface area contributed by atoms with Crippen LogP contribution in [0.3, 0.4) is 0 Å². The van der Waals surface area contributed by atoms with Gasteiger partial charge in [-0.2, -0.15) is 0 Å². The first kappa shape index (κ1) is 86.7. The molecule has 0 unspecified atom stereocenters. The summed E-state index contributed by atoms with van der Waals surface area (Å²) in [5.74, 6) is -14.6. The number of hydrogen-bond acceptors (Lipinski definition) is 22. The van der Waals surface area contributed by atoms with Crippen LogP contribution in [0.2, 0.25) is 0 Å². The molecule has 0 fully saturated rings. The van der Waals surface area contributed by atoms with Crippen LogP contribution in [-0.2, 0) is 71.9 Å². The van der Waals surface area contributed by atoms with Crippen LogP contribution >= 0.6 is 0 Å². The summed E-state index contributed by atoms with van der Waals surface area (Å²) < 4.78 is 0. The summed E-state index contributed by atoms with van der Waals surface area (Å²) in [5.41, 5.74) is 32.6. The highest BCUT2D eigenvalue weighted by Crippen LogP contribution is 2.06. The number of carbonyl (C=O) groups is 15. The Morgan fingerprint density at radius 3 is 0.680 bits per heavy atom. The molecule has 0 saturated heterocycles. The van der Waals surface area contributed by atoms with Crippen LogP contribution in [0.15, 0.2) is 15.0 Å². The van der Waals surface area contributed by atoms with E-state index in [1.807, 2.05) is 0 Å². The van der Waals surface area contributed by atoms with E-state index in [1.165, 1.54) is 62.7 Å². The molecule has 30 N–H and O–H groups in total. The maximum absolute atomic E-state index is 13.9. The summed E-state index contributed by atoms with van der Waals surface area (Å²) >= 11 is 0. The highest BCUT2D eigenvalue weighted by Gasteiger charge is 2.33. The normalized spacial score (nSPS) is 14.4. The Hall–Kier alpha value is -10.3. The van der Waals surface area contributed by atoms with E-state index < -0.39 is 201 Å². The van der Waals surface area contributed by atoms with E-state index in [0.29, 0.717) is 0 Å². The van der Waals surface area contributed by atoms with Crippen molar-refractivity contribution < 1.29 is 87.2 Å². The fourth-order valence-electron chi connectivity index (χ4n) is 8.18. The smallest absolute Gasteiger partial charge is 0.244 e. The molecule has 0 aromatic carbocycles. The summed E-state index contributed by atoms with van der Waals surface area (Å²) in [6.07, 6.45) is -0.204. The summed E-state index contributed by atoms with van der Waals surface area (Å²) in [7, 11) is 3.80. The van der Waals surface area contributed by atoms with Gasteiger partial charge in [0.15, 0.2) is 17.9 Å². The molecule has 548 valence electrons. The van der Waals surface area contributed by atoms with Gasteiger partial charge in [0.2, 0.25) is 88.6 Å². The molecule has 0 rings (SSSR count). The predicted molar refractivity (Wildman–Crippen MR) is 347 cm³/mol. The average molecular weight is 1390 g/mol. The first-order valence-electron chi connectivity index (χ1n) is 30.5. The number of aliphatic imine (C=N–C) groups is 3. The number of guanidine groups is 3. The third-order valence-electron chi connectivity index (χ3n) is 13.6. The fraction of sp³-hybridized carbons (Fsp3) is 0.667. The number of aliphatic hydroxyl groups is 3. The number of nitrogens with one attached hydrogen (secondary N) is 15. The highest BCUT2D eigenvalue weighted by molar-refractivity contribution is 5.99. The molecule has 0 aliphatic heterocycles. The number of carbonyl (C=O) groups excluding carboxylic acids is 15. The maximum atomic E-state index is 13.9. The van der Waals surface area contributed by atoms with Crippen LogP contribution in [0.1, 0.15) is 80.1 Å². The molecule has 0 aliphatic carbocycles. The fourth-order valence-corrected chi connectivity index (χ4v) is 8.18. The monoisotopic (exact) mass is 1390 g/mol. The zero-order valence-electron chi connectivity index (χ0n) is 55.8. The molecule has 43 nitrogen and oxygen atoms in total. The predicted octanol–water partition coefficient (Wildman–Crippen LogP) is -14.4. The van der Waals surface area contributed by atoms with E-state index in [9.17, 15) is 87.2 Å². The van der Waals surface area contributed by atoms with Crippen molar-refractivity contribution in [2.45, 2.75) is 153 Å². The largest absolute Gasteiger partial charge is 0.394 e. The standard InChI is InChI=1S/C54H99N25O18/c1-25(40(86)73-31(13-10-16-64-52(55)56)49(95)70-28(4)43(89)76-34(22-80)46(92)61-7)67-37(83)19-79(20-38(84)68-26(2)41(87)74-32(14-11-17-65-53(57)58)50(96)71-29(5)44(90)77-35(23-81)47(93)62-8)21-39(85)69-27(3)42(88)75-33(15-12-18-66-54(59)60)51(97)72-30(6)45(91)78-36(24-82)48(94)63-9/h25-36,80-82H,10-24H2,1-9H3,(H,61,92)(H,62,93)(H,63,94)(H,67,83)(H,68,84)(H,69,85)(H,70,95)(H,71,96)(H,72,97)(H,73,86)(H,74,87)(H,75,88)(H,76,89)(H,77,90)(H,78,91)(H4,55,56,64)(H4,57,58,65)(H4,59,60,66)/t25-,26-,27-,28-,29-,30-,31-,32-,33-,34-,35-,36-/m0/s1. The SMILES string of the molecule is CNC(=O)[C@H](CO)NC(=O)[C@H](C)NC(=O)[C@H](CCCN=C(N)N)NC(=O)[C@H](C)NC(=O)CN(CC(=O)N[C@@H](C)C(=O)N[C@@H](CCCN=C(N)N)C(=O)N[C@@H](C)C(=O)N[C@@H](CO)C(=O)NC)CC(=O)N[C@@H](C)C(=O)N[C@@H](CCCN=C(N)N)C(=O)N[C@@H](C)C(=O)N[C@@H](CO)C(=O)NC. The summed E-state index contributed by atoms with van der Waals surface area (Å²) in [6.45, 7) is 2.25. The van der Waals surface area contributed by atoms with E-state index >= 15 is 0 Å². The molecule has 97 heavy (non-hydrogen) atoms. The molecule has 0 radical (unpaired) electrons. The van der Waals surface area contributed by atoms with Gasteiger partial charge in [-0.3, -0.25) is 91.8 Å². The maximum Gasteiger partial charge on any atom is 0.244 e. The van der Waals surface area contributed by atoms with Gasteiger partial charge in [-0.1, -0.05) is 0 Å². The van der Waals surface area contributed by atoms with Crippen LogP contribution in [0.25, 0.3) is 0 Å². The van der Waals surface area contributed by atoms with Gasteiger partial charge < -0.3 is 129 Å². The van der Waals surface area contributed by atoms with Gasteiger partial charge in [0.05, 0.1) is 39.5 Å². The minimum Gasteiger partial charge on any atom is -0.394 e. The first-order chi connectivity index (χ1) is 45.5. The third-order valence-corrected chi connectivity index (χ3v) is 13.6. The Bertz CT molecular complexity index is 2510. The van der Waals surface area contributed by atoms with Crippen molar-refractivity contribution in [1.29, 1.82) is 0 Å². The molecule has 0 aromatic heterocycles. The summed E-state index contributed by atoms with van der Waals surface area (Å²) in [6, 6.07) is -16.9. The van der Waals surface area contributed by atoms with Crippen LogP contribution in [0.4, 0.5) is 0 Å². The third kappa shape index (κ3) is 35.1. The van der Waals surface area contributed by atoms with E-state index in [2.05, 4.69) is 94.7 Å². The van der Waals surface area contributed by atoms with E-state index in [4.69, 9.17) is 34.4 Å². The lowest BCUT2D eigenvalue weighted by atomic mass is 10.1. The number of rotatable bonds is 45. The zero-order valence-corrected chi connectivity index (χ0v) is 55.8. The van der Waals surface area contributed by atoms with Gasteiger partial charge in [0.25, 0.3) is 0 Å². The van der Waals surface area contributed by atoms with Crippen molar-refractivity contribution in [1.82, 2.24) is 84.7 Å². The minimum absolute atomic E-state index is 0.0213. The number of aliphatic hydroxyl groups excluding tert-OH is 3. The van der Waals surface area contributed by atoms with Crippen molar-refractivity contribution in [2.75, 3.05) is 80.2 Å². The zero-order chi connectivity index (χ0) is 74.2. The number of amides is 15. The lowest BCUT2D eigenvalue weighted by molar-refractivity contribution is -0.135. The topological polar surface area (TPSA) is 694 Å². The van der Waals surface area contributed by atoms with E-state index in [1.54, 1.807) is 0 Å². The Labute approximate surface area is 559 Å². The van der Waals surface area contributed by atoms with Gasteiger partial charge in [-0.25, -0.2) is 0 Å². The molecule has 0 bridgehead atoms. The summed E-state index contributed by atoms with van der Waals surface area (Å²) in [5, 5.41) is 64.1. The van der Waals surface area contributed by atoms with Crippen molar-refractivity contribution in [3.05, 3.63) is 0 Å². The lowest BCUT2D eigenvalue weighted by Crippen LogP contribution is -2.58. The number of nitrogens with zero attached hydrogens (tertiary/aromatic N) is 4. The first-order valence-corrected chi connectivity index (χ1v) is 30.5. The van der Waals surface area contributed by atoms with Crippen LogP contribution in [-0.4, -0.2) is 279 Å². The second-order valence-corrected chi connectivity index (χ2v) is 21.8. The highest BCUT2D eigenvalue weighted by atomic mass is 16.3. The quantitative estimate of drug-likeness (QED) is 0.0153. The van der Waals surface area contributed by atoms with Gasteiger partial charge >= 0.3 is 0 Å². The Balaban J connectivity index is 7.03. The average Bonchev–Trinajstić information content (AvgIpc) is 0.970. The van der Waals surface area contributed by atoms with Crippen molar-refractivity contribution in [3.8, 4) is 0 Å². The Kier molecular flexibility index (Phi) is 41.1. The van der Waals surface area contributed by atoms with Gasteiger partial charge in [-0.05, 0) is 80.1 Å². The Morgan fingerprint density at radius 2 is 0.495 bits per heavy atom. The molecule has 0 spiro atoms. The van der Waals surface area contributed by atoms with Gasteiger partial charge in [0.1, 0.15) is 72.5 Å². The van der Waals surface area contributed by atoms with Crippen LogP contribution in [0, 0.1) is 0 Å². The van der Waals surface area contributed by atoms with E-state index in [0.717, 1.165) is 4.90 Å². The van der Waals surface area contributed by atoms with Crippen LogP contribution < -0.4 is 114 Å². The molecule has 0 aromatic rings. The van der Waals surface area contributed by atoms with Gasteiger partial charge in [-0.15, -0.1) is 0 Å². The molecular weight excluding hydrogens is 1290 g/mol. The van der Waals surface area contributed by atoms with Crippen LogP contribution in [0.5, 0.6) is 0 Å². The number of nitrogens with two attached hydrogens (primary N) is 6. The van der Waals surface area contributed by atoms with E-state index in [-0.39, 0.29) is 76.0 Å². The molecule has 43 heteroatoms. The van der Waals surface area contributed by atoms with Crippen molar-refractivity contribution in [3.63, 3.8) is 0 Å². The second-order valence-electron chi connectivity index (χ2n) is 21.8. The van der Waals surface area contributed by atoms with Crippen molar-refractivity contribution in [2.24, 2.45) is 49.4 Å². The molecule has 0 saturated carbocycles. The molecule has 12 atom stereocenters. The van der Waals surface area contributed by atoms with Crippen molar-refractivity contribution >= 4 is 106 Å². The minimum atomic E-state index is -1.50.